The molecule has 1 heterocycles. The Kier molecular flexibility index (Phi) is 5.83. The number of benzene rings is 1. The van der Waals surface area contributed by atoms with Crippen molar-refractivity contribution < 1.29 is 14.3 Å². The third kappa shape index (κ3) is 4.49. The van der Waals surface area contributed by atoms with E-state index in [0.29, 0.717) is 44.3 Å². The van der Waals surface area contributed by atoms with Crippen LogP contribution in [0.5, 0.6) is 11.5 Å². The van der Waals surface area contributed by atoms with Gasteiger partial charge in [0, 0.05) is 26.2 Å². The van der Waals surface area contributed by atoms with E-state index in [1.54, 1.807) is 7.11 Å². The summed E-state index contributed by atoms with van der Waals surface area (Å²) >= 11 is 4.93. The molecule has 1 aliphatic heterocycles. The number of carbonyl (C=O) groups excluding carboxylic acids is 1. The van der Waals surface area contributed by atoms with Crippen LogP contribution >= 0.6 is 12.2 Å². The monoisotopic (exact) mass is 323 g/mol. The molecule has 0 saturated carbocycles. The first-order valence-electron chi connectivity index (χ1n) is 7.19. The van der Waals surface area contributed by atoms with Gasteiger partial charge in [-0.25, -0.2) is 0 Å². The minimum atomic E-state index is 0.0936. The van der Waals surface area contributed by atoms with Crippen LogP contribution in [-0.2, 0) is 4.79 Å². The van der Waals surface area contributed by atoms with Crippen molar-refractivity contribution in [3.8, 4) is 11.5 Å². The van der Waals surface area contributed by atoms with E-state index in [-0.39, 0.29) is 5.91 Å². The lowest BCUT2D eigenvalue weighted by Gasteiger charge is -2.35. The summed E-state index contributed by atoms with van der Waals surface area (Å²) in [4.78, 5) is 15.8. The number of ether oxygens (including phenoxy) is 2. The highest BCUT2D eigenvalue weighted by Gasteiger charge is 2.21. The van der Waals surface area contributed by atoms with Gasteiger partial charge in [-0.05, 0) is 36.5 Å². The summed E-state index contributed by atoms with van der Waals surface area (Å²) in [5.41, 5.74) is 5.58. The first-order valence-corrected chi connectivity index (χ1v) is 7.60. The molecule has 2 N–H and O–H groups in total. The van der Waals surface area contributed by atoms with Crippen LogP contribution in [0.25, 0.3) is 0 Å². The fourth-order valence-electron chi connectivity index (χ4n) is 2.26. The van der Waals surface area contributed by atoms with Gasteiger partial charge < -0.3 is 25.0 Å². The number of hydrogen-bond donors (Lipinski definition) is 1. The van der Waals surface area contributed by atoms with Crippen LogP contribution in [0.1, 0.15) is 6.42 Å². The van der Waals surface area contributed by atoms with Gasteiger partial charge in [0.05, 0.1) is 20.1 Å². The van der Waals surface area contributed by atoms with E-state index in [9.17, 15) is 4.79 Å². The lowest BCUT2D eigenvalue weighted by atomic mass is 10.3. The van der Waals surface area contributed by atoms with Crippen molar-refractivity contribution in [3.63, 3.8) is 0 Å². The first-order chi connectivity index (χ1) is 10.6. The molecule has 1 aromatic carbocycles. The summed E-state index contributed by atoms with van der Waals surface area (Å²) in [6, 6.07) is 7.30. The standard InChI is InChI=1S/C15H21N3O3S/c1-20-12-2-4-13(5-3-12)21-11-6-14(19)17-7-9-18(10-8-17)15(16)22/h2-5H,6-11H2,1H3,(H2,16,22). The van der Waals surface area contributed by atoms with E-state index in [1.165, 1.54) is 0 Å². The summed E-state index contributed by atoms with van der Waals surface area (Å²) in [7, 11) is 1.62. The molecule has 0 aromatic heterocycles. The van der Waals surface area contributed by atoms with Gasteiger partial charge in [-0.3, -0.25) is 4.79 Å². The molecule has 0 radical (unpaired) electrons. The number of carbonyl (C=O) groups is 1. The Labute approximate surface area is 135 Å². The second-order valence-corrected chi connectivity index (χ2v) is 5.40. The van der Waals surface area contributed by atoms with Gasteiger partial charge in [-0.15, -0.1) is 0 Å². The van der Waals surface area contributed by atoms with Crippen molar-refractivity contribution in [2.45, 2.75) is 6.42 Å². The molecule has 1 saturated heterocycles. The molecule has 120 valence electrons. The normalized spacial score (nSPS) is 14.6. The molecule has 0 atom stereocenters. The van der Waals surface area contributed by atoms with Crippen LogP contribution in [-0.4, -0.2) is 60.7 Å². The number of nitrogens with two attached hydrogens (primary N) is 1. The van der Waals surface area contributed by atoms with Crippen molar-refractivity contribution >= 4 is 23.2 Å². The molecule has 0 spiro atoms. The summed E-state index contributed by atoms with van der Waals surface area (Å²) in [5, 5.41) is 0.398. The molecule has 1 fully saturated rings. The van der Waals surface area contributed by atoms with Crippen molar-refractivity contribution in [1.29, 1.82) is 0 Å². The average Bonchev–Trinajstić information content (AvgIpc) is 2.55. The maximum Gasteiger partial charge on any atom is 0.226 e. The van der Waals surface area contributed by atoms with Gasteiger partial charge in [-0.1, -0.05) is 0 Å². The quantitative estimate of drug-likeness (QED) is 0.811. The minimum absolute atomic E-state index is 0.0936. The Balaban J connectivity index is 1.70. The highest BCUT2D eigenvalue weighted by molar-refractivity contribution is 7.80. The molecule has 7 heteroatoms. The Hall–Kier alpha value is -2.02. The zero-order valence-corrected chi connectivity index (χ0v) is 13.5. The lowest BCUT2D eigenvalue weighted by molar-refractivity contribution is -0.132. The number of methoxy groups -OCH3 is 1. The van der Waals surface area contributed by atoms with E-state index in [2.05, 4.69) is 0 Å². The zero-order valence-electron chi connectivity index (χ0n) is 12.7. The molecule has 22 heavy (non-hydrogen) atoms. The maximum absolute atomic E-state index is 12.1. The summed E-state index contributed by atoms with van der Waals surface area (Å²) in [5.74, 6) is 1.60. The Morgan fingerprint density at radius 1 is 1.14 bits per heavy atom. The maximum atomic E-state index is 12.1. The van der Waals surface area contributed by atoms with Crippen LogP contribution < -0.4 is 15.2 Å². The summed E-state index contributed by atoms with van der Waals surface area (Å²) in [6.45, 7) is 3.05. The molecule has 1 aromatic rings. The number of nitrogens with zero attached hydrogens (tertiary/aromatic N) is 2. The van der Waals surface area contributed by atoms with Gasteiger partial charge >= 0.3 is 0 Å². The van der Waals surface area contributed by atoms with Crippen molar-refractivity contribution in [3.05, 3.63) is 24.3 Å². The highest BCUT2D eigenvalue weighted by atomic mass is 32.1. The fourth-order valence-corrected chi connectivity index (χ4v) is 2.45. The molecule has 2 rings (SSSR count). The van der Waals surface area contributed by atoms with E-state index in [4.69, 9.17) is 27.4 Å². The number of rotatable bonds is 5. The molecule has 1 aliphatic rings. The highest BCUT2D eigenvalue weighted by Crippen LogP contribution is 2.17. The fraction of sp³-hybridized carbons (Fsp3) is 0.467. The third-order valence-electron chi connectivity index (χ3n) is 3.59. The van der Waals surface area contributed by atoms with Crippen molar-refractivity contribution in [2.24, 2.45) is 5.73 Å². The zero-order chi connectivity index (χ0) is 15.9. The lowest BCUT2D eigenvalue weighted by Crippen LogP contribution is -2.52. The molecular weight excluding hydrogens is 302 g/mol. The largest absolute Gasteiger partial charge is 0.497 e. The van der Waals surface area contributed by atoms with Crippen LogP contribution in [0.2, 0.25) is 0 Å². The van der Waals surface area contributed by atoms with Crippen LogP contribution in [0, 0.1) is 0 Å². The molecule has 0 bridgehead atoms. The van der Waals surface area contributed by atoms with Crippen LogP contribution in [0.4, 0.5) is 0 Å². The molecule has 6 nitrogen and oxygen atoms in total. The van der Waals surface area contributed by atoms with E-state index < -0.39 is 0 Å². The van der Waals surface area contributed by atoms with E-state index in [0.717, 1.165) is 11.5 Å². The van der Waals surface area contributed by atoms with Gasteiger partial charge in [0.15, 0.2) is 5.11 Å². The molecular formula is C15H21N3O3S. The van der Waals surface area contributed by atoms with Crippen molar-refractivity contribution in [1.82, 2.24) is 9.80 Å². The Bertz CT molecular complexity index is 513. The van der Waals surface area contributed by atoms with Gasteiger partial charge in [0.1, 0.15) is 11.5 Å². The van der Waals surface area contributed by atoms with E-state index in [1.807, 2.05) is 34.1 Å². The van der Waals surface area contributed by atoms with E-state index >= 15 is 0 Å². The molecule has 1 amide bonds. The molecule has 0 aliphatic carbocycles. The Morgan fingerprint density at radius 3 is 2.23 bits per heavy atom. The van der Waals surface area contributed by atoms with Gasteiger partial charge in [-0.2, -0.15) is 0 Å². The number of hydrogen-bond acceptors (Lipinski definition) is 4. The smallest absolute Gasteiger partial charge is 0.226 e. The summed E-state index contributed by atoms with van der Waals surface area (Å²) < 4.78 is 10.7. The topological polar surface area (TPSA) is 68.0 Å². The predicted octanol–water partition coefficient (Wildman–Crippen LogP) is 0.852. The van der Waals surface area contributed by atoms with Crippen LogP contribution in [0.15, 0.2) is 24.3 Å². The SMILES string of the molecule is COc1ccc(OCCC(=O)N2CCN(C(N)=S)CC2)cc1. The van der Waals surface area contributed by atoms with Gasteiger partial charge in [0.2, 0.25) is 5.91 Å². The van der Waals surface area contributed by atoms with Gasteiger partial charge in [0.25, 0.3) is 0 Å². The van der Waals surface area contributed by atoms with Crippen molar-refractivity contribution in [2.75, 3.05) is 39.9 Å². The Morgan fingerprint density at radius 2 is 1.68 bits per heavy atom. The third-order valence-corrected chi connectivity index (χ3v) is 3.85. The second kappa shape index (κ2) is 7.84. The van der Waals surface area contributed by atoms with Crippen LogP contribution in [0.3, 0.4) is 0 Å². The molecule has 0 unspecified atom stereocenters. The first kappa shape index (κ1) is 16.4. The number of piperazine rings is 1. The second-order valence-electron chi connectivity index (χ2n) is 4.98. The minimum Gasteiger partial charge on any atom is -0.497 e. The number of thiocarbonyl (C=S) groups is 1. The number of amides is 1. The predicted molar refractivity (Wildman–Crippen MR) is 88.0 cm³/mol. The average molecular weight is 323 g/mol. The summed E-state index contributed by atoms with van der Waals surface area (Å²) in [6.07, 6.45) is 0.360.